The lowest BCUT2D eigenvalue weighted by Crippen LogP contribution is -2.45. The van der Waals surface area contributed by atoms with E-state index in [1.807, 2.05) is 0 Å². The Morgan fingerprint density at radius 2 is 0.603 bits per heavy atom. The number of unbranched alkanes of at least 4 members (excludes halogenated alkanes) is 48. The van der Waals surface area contributed by atoms with E-state index in [1.165, 1.54) is 289 Å². The van der Waals surface area contributed by atoms with Gasteiger partial charge in [0.15, 0.2) is 0 Å². The molecule has 6 nitrogen and oxygen atoms in total. The van der Waals surface area contributed by atoms with Crippen LogP contribution in [0.4, 0.5) is 0 Å². The Labute approximate surface area is 426 Å². The number of amides is 1. The minimum absolute atomic E-state index is 0.0154. The van der Waals surface area contributed by atoms with Crippen LogP contribution in [0.3, 0.4) is 0 Å². The number of hydrogen-bond donors (Lipinski definition) is 3. The summed E-state index contributed by atoms with van der Waals surface area (Å²) in [7, 11) is 0. The van der Waals surface area contributed by atoms with Crippen LogP contribution in [-0.2, 0) is 14.3 Å². The van der Waals surface area contributed by atoms with Gasteiger partial charge in [-0.3, -0.25) is 9.59 Å². The molecule has 0 bridgehead atoms. The molecular weight excluding hydrogens is 839 g/mol. The molecule has 406 valence electrons. The van der Waals surface area contributed by atoms with E-state index in [0.29, 0.717) is 25.9 Å². The second kappa shape index (κ2) is 58.4. The molecule has 0 aromatic rings. The first-order valence-corrected chi connectivity index (χ1v) is 31.3. The maximum Gasteiger partial charge on any atom is 0.305 e. The number of esters is 1. The molecule has 0 saturated heterocycles. The van der Waals surface area contributed by atoms with Crippen LogP contribution in [0.5, 0.6) is 0 Å². The van der Waals surface area contributed by atoms with Crippen molar-refractivity contribution in [1.29, 1.82) is 0 Å². The van der Waals surface area contributed by atoms with Crippen LogP contribution in [0.25, 0.3) is 0 Å². The Bertz CT molecular complexity index is 975. The van der Waals surface area contributed by atoms with E-state index in [4.69, 9.17) is 4.74 Å². The number of aliphatic hydroxyl groups is 2. The van der Waals surface area contributed by atoms with Crippen molar-refractivity contribution < 1.29 is 24.5 Å². The van der Waals surface area contributed by atoms with Crippen molar-refractivity contribution in [3.8, 4) is 0 Å². The molecule has 0 fully saturated rings. The highest BCUT2D eigenvalue weighted by atomic mass is 16.5. The Kier molecular flexibility index (Phi) is 57.5. The predicted octanol–water partition coefficient (Wildman–Crippen LogP) is 19.5. The molecule has 0 aliphatic carbocycles. The van der Waals surface area contributed by atoms with Crippen LogP contribution >= 0.6 is 0 Å². The lowest BCUT2D eigenvalue weighted by molar-refractivity contribution is -0.143. The number of carbonyl (C=O) groups is 2. The number of ether oxygens (including phenoxy) is 1. The third-order valence-corrected chi connectivity index (χ3v) is 14.9. The Morgan fingerprint density at radius 1 is 0.353 bits per heavy atom. The number of rotatable bonds is 59. The van der Waals surface area contributed by atoms with Gasteiger partial charge in [-0.1, -0.05) is 322 Å². The van der Waals surface area contributed by atoms with Gasteiger partial charge in [0.25, 0.3) is 0 Å². The SMILES string of the molecule is CCCCCCCCCCCCCCCCCCC(O)C(CO)NC(=O)CCCCCCCCCCCCCCCCCCCCCCCOC(=O)CCCCCCCCCCCCCCCC. The van der Waals surface area contributed by atoms with Gasteiger partial charge in [0.1, 0.15) is 0 Å². The monoisotopic (exact) mass is 962 g/mol. The van der Waals surface area contributed by atoms with E-state index in [0.717, 1.165) is 38.5 Å². The third-order valence-electron chi connectivity index (χ3n) is 14.9. The Morgan fingerprint density at radius 3 is 0.897 bits per heavy atom. The molecule has 6 heteroatoms. The van der Waals surface area contributed by atoms with Crippen LogP contribution in [0.15, 0.2) is 0 Å². The lowest BCUT2D eigenvalue weighted by Gasteiger charge is -2.22. The van der Waals surface area contributed by atoms with E-state index in [1.54, 1.807) is 0 Å². The first kappa shape index (κ1) is 66.9. The Hall–Kier alpha value is -1.14. The molecule has 0 spiro atoms. The normalized spacial score (nSPS) is 12.5. The van der Waals surface area contributed by atoms with Gasteiger partial charge < -0.3 is 20.3 Å². The van der Waals surface area contributed by atoms with E-state index in [9.17, 15) is 19.8 Å². The van der Waals surface area contributed by atoms with Crippen LogP contribution in [0.2, 0.25) is 0 Å². The van der Waals surface area contributed by atoms with E-state index in [-0.39, 0.29) is 18.5 Å². The number of carbonyl (C=O) groups excluding carboxylic acids is 2. The molecule has 0 radical (unpaired) electrons. The molecule has 2 unspecified atom stereocenters. The standard InChI is InChI=1S/C62H123NO5/c1-3-5-7-9-11-13-15-17-19-27-30-34-38-42-46-50-54-60(65)59(58-64)63-61(66)55-51-47-43-39-35-31-28-25-23-21-20-22-24-26-29-33-37-41-45-49-53-57-68-62(67)56-52-48-44-40-36-32-18-16-14-12-10-8-6-4-2/h59-60,64-65H,3-58H2,1-2H3,(H,63,66). The molecule has 0 heterocycles. The maximum absolute atomic E-state index is 12.5. The highest BCUT2D eigenvalue weighted by Gasteiger charge is 2.20. The van der Waals surface area contributed by atoms with Crippen molar-refractivity contribution in [2.75, 3.05) is 13.2 Å². The third kappa shape index (κ3) is 54.2. The summed E-state index contributed by atoms with van der Waals surface area (Å²) < 4.78 is 5.49. The molecule has 2 atom stereocenters. The minimum Gasteiger partial charge on any atom is -0.466 e. The van der Waals surface area contributed by atoms with Crippen LogP contribution in [0, 0.1) is 0 Å². The summed E-state index contributed by atoms with van der Waals surface area (Å²) in [6.07, 6.45) is 68.2. The number of nitrogens with one attached hydrogen (secondary N) is 1. The Balaban J connectivity index is 3.36. The van der Waals surface area contributed by atoms with Gasteiger partial charge >= 0.3 is 5.97 Å². The first-order chi connectivity index (χ1) is 33.5. The minimum atomic E-state index is -0.663. The summed E-state index contributed by atoms with van der Waals surface area (Å²) in [4.78, 5) is 24.5. The summed E-state index contributed by atoms with van der Waals surface area (Å²) in [6.45, 7) is 4.99. The van der Waals surface area contributed by atoms with Gasteiger partial charge in [0.2, 0.25) is 5.91 Å². The number of hydrogen-bond acceptors (Lipinski definition) is 5. The van der Waals surface area contributed by atoms with Crippen molar-refractivity contribution in [2.24, 2.45) is 0 Å². The molecule has 3 N–H and O–H groups in total. The van der Waals surface area contributed by atoms with Crippen LogP contribution in [-0.4, -0.2) is 47.4 Å². The number of aliphatic hydroxyl groups excluding tert-OH is 2. The van der Waals surface area contributed by atoms with Crippen molar-refractivity contribution in [2.45, 2.75) is 373 Å². The molecule has 0 aliphatic heterocycles. The first-order valence-electron chi connectivity index (χ1n) is 31.3. The molecular formula is C62H123NO5. The van der Waals surface area contributed by atoms with E-state index in [2.05, 4.69) is 19.2 Å². The van der Waals surface area contributed by atoms with Crippen molar-refractivity contribution in [3.05, 3.63) is 0 Å². The summed E-state index contributed by atoms with van der Waals surface area (Å²) >= 11 is 0. The molecule has 1 amide bonds. The van der Waals surface area contributed by atoms with Gasteiger partial charge in [0.05, 0.1) is 25.4 Å². The van der Waals surface area contributed by atoms with Gasteiger partial charge in [0, 0.05) is 12.8 Å². The largest absolute Gasteiger partial charge is 0.466 e. The van der Waals surface area contributed by atoms with E-state index < -0.39 is 12.1 Å². The fourth-order valence-electron chi connectivity index (χ4n) is 10.1. The molecule has 0 saturated carbocycles. The van der Waals surface area contributed by atoms with E-state index >= 15 is 0 Å². The molecule has 0 aromatic heterocycles. The van der Waals surface area contributed by atoms with Crippen molar-refractivity contribution in [3.63, 3.8) is 0 Å². The zero-order chi connectivity index (χ0) is 49.3. The molecule has 0 aromatic carbocycles. The lowest BCUT2D eigenvalue weighted by atomic mass is 10.0. The van der Waals surface area contributed by atoms with Gasteiger partial charge in [-0.15, -0.1) is 0 Å². The van der Waals surface area contributed by atoms with Gasteiger partial charge in [-0.05, 0) is 25.7 Å². The fourth-order valence-corrected chi connectivity index (χ4v) is 10.1. The van der Waals surface area contributed by atoms with Gasteiger partial charge in [-0.25, -0.2) is 0 Å². The van der Waals surface area contributed by atoms with Crippen LogP contribution < -0.4 is 5.32 Å². The average molecular weight is 963 g/mol. The summed E-state index contributed by atoms with van der Waals surface area (Å²) in [5.74, 6) is -0.0170. The quantitative estimate of drug-likeness (QED) is 0.0417. The predicted molar refractivity (Wildman–Crippen MR) is 297 cm³/mol. The topological polar surface area (TPSA) is 95.9 Å². The van der Waals surface area contributed by atoms with Crippen molar-refractivity contribution in [1.82, 2.24) is 5.32 Å². The second-order valence-electron chi connectivity index (χ2n) is 21.8. The molecule has 0 rings (SSSR count). The maximum atomic E-state index is 12.5. The highest BCUT2D eigenvalue weighted by molar-refractivity contribution is 5.76. The molecule has 0 aliphatic rings. The fraction of sp³-hybridized carbons (Fsp3) is 0.968. The van der Waals surface area contributed by atoms with Gasteiger partial charge in [-0.2, -0.15) is 0 Å². The average Bonchev–Trinajstić information content (AvgIpc) is 3.34. The highest BCUT2D eigenvalue weighted by Crippen LogP contribution is 2.19. The summed E-state index contributed by atoms with van der Waals surface area (Å²) in [5, 5.41) is 23.3. The zero-order valence-corrected chi connectivity index (χ0v) is 46.4. The summed E-state index contributed by atoms with van der Waals surface area (Å²) in [5.41, 5.74) is 0. The second-order valence-corrected chi connectivity index (χ2v) is 21.8. The molecule has 68 heavy (non-hydrogen) atoms. The smallest absolute Gasteiger partial charge is 0.305 e. The van der Waals surface area contributed by atoms with Crippen LogP contribution in [0.1, 0.15) is 361 Å². The van der Waals surface area contributed by atoms with Crippen molar-refractivity contribution >= 4 is 11.9 Å². The summed E-state index contributed by atoms with van der Waals surface area (Å²) in [6, 6.07) is -0.541. The zero-order valence-electron chi connectivity index (χ0n) is 46.4.